The Kier molecular flexibility index (Phi) is 6.40. The van der Waals surface area contributed by atoms with Crippen LogP contribution in [0.3, 0.4) is 0 Å². The number of carbonyl (C=O) groups excluding carboxylic acids is 3. The van der Waals surface area contributed by atoms with E-state index in [4.69, 9.17) is 9.47 Å². The number of methoxy groups -OCH3 is 1. The molecule has 1 aliphatic heterocycles. The third-order valence-corrected chi connectivity index (χ3v) is 7.44. The van der Waals surface area contributed by atoms with Gasteiger partial charge < -0.3 is 19.7 Å². The van der Waals surface area contributed by atoms with E-state index >= 15 is 0 Å². The van der Waals surface area contributed by atoms with Gasteiger partial charge in [-0.3, -0.25) is 9.59 Å². The summed E-state index contributed by atoms with van der Waals surface area (Å²) in [5.41, 5.74) is 0.366. The van der Waals surface area contributed by atoms with Crippen LogP contribution < -0.4 is 5.32 Å². The van der Waals surface area contributed by atoms with Crippen molar-refractivity contribution in [3.8, 4) is 0 Å². The van der Waals surface area contributed by atoms with E-state index < -0.39 is 16.4 Å². The van der Waals surface area contributed by atoms with Crippen LogP contribution in [0.4, 0.5) is 10.6 Å². The molecule has 2 amide bonds. The molecule has 34 heavy (non-hydrogen) atoms. The zero-order valence-corrected chi connectivity index (χ0v) is 20.5. The average Bonchev–Trinajstić information content (AvgIpc) is 2.84. The molecule has 2 heterocycles. The fraction of sp³-hybridized carbons (Fsp3) is 0.640. The quantitative estimate of drug-likeness (QED) is 0.663. The van der Waals surface area contributed by atoms with Crippen LogP contribution in [-0.4, -0.2) is 58.9 Å². The first-order valence-corrected chi connectivity index (χ1v) is 12.0. The predicted octanol–water partition coefficient (Wildman–Crippen LogP) is 3.95. The number of aromatic nitrogens is 2. The summed E-state index contributed by atoms with van der Waals surface area (Å²) in [6.07, 6.45) is 6.41. The van der Waals surface area contributed by atoms with Crippen LogP contribution in [0.15, 0.2) is 18.2 Å². The topological polar surface area (TPSA) is 111 Å². The number of carbonyl (C=O) groups is 3. The molecule has 3 saturated carbocycles. The molecule has 9 nitrogen and oxygen atoms in total. The van der Waals surface area contributed by atoms with Gasteiger partial charge >= 0.3 is 12.1 Å². The number of nitrogens with one attached hydrogen (secondary N) is 1. The minimum Gasteiger partial charge on any atom is -0.469 e. The van der Waals surface area contributed by atoms with Gasteiger partial charge in [-0.05, 0) is 83.4 Å². The van der Waals surface area contributed by atoms with Crippen LogP contribution in [0.2, 0.25) is 0 Å². The van der Waals surface area contributed by atoms with Gasteiger partial charge in [0.05, 0.1) is 18.2 Å². The predicted molar refractivity (Wildman–Crippen MR) is 126 cm³/mol. The van der Waals surface area contributed by atoms with Gasteiger partial charge in [-0.25, -0.2) is 4.79 Å². The van der Waals surface area contributed by atoms with E-state index in [0.29, 0.717) is 63.9 Å². The first-order chi connectivity index (χ1) is 16.1. The fourth-order valence-corrected chi connectivity index (χ4v) is 5.26. The molecule has 1 N–H and O–H groups in total. The van der Waals surface area contributed by atoms with Crippen molar-refractivity contribution in [2.45, 2.75) is 71.3 Å². The van der Waals surface area contributed by atoms with Crippen molar-refractivity contribution >= 4 is 29.4 Å². The molecule has 0 saturated heterocycles. The van der Waals surface area contributed by atoms with E-state index in [1.54, 1.807) is 11.0 Å². The highest BCUT2D eigenvalue weighted by molar-refractivity contribution is 5.95. The highest BCUT2D eigenvalue weighted by Crippen LogP contribution is 2.57. The summed E-state index contributed by atoms with van der Waals surface area (Å²) in [4.78, 5) is 39.2. The number of anilines is 1. The van der Waals surface area contributed by atoms with Gasteiger partial charge in [0.1, 0.15) is 5.60 Å². The number of hydrogen-bond acceptors (Lipinski definition) is 7. The zero-order valence-electron chi connectivity index (χ0n) is 20.5. The summed E-state index contributed by atoms with van der Waals surface area (Å²) in [6.45, 7) is 6.56. The van der Waals surface area contributed by atoms with Gasteiger partial charge in [-0.1, -0.05) is 6.08 Å². The average molecular weight is 471 g/mol. The lowest BCUT2D eigenvalue weighted by Crippen LogP contribution is -2.51. The van der Waals surface area contributed by atoms with Crippen molar-refractivity contribution in [2.75, 3.05) is 25.5 Å². The maximum absolute atomic E-state index is 13.1. The highest BCUT2D eigenvalue weighted by atomic mass is 16.6. The zero-order chi connectivity index (χ0) is 24.6. The normalized spacial score (nSPS) is 26.5. The molecule has 9 heteroatoms. The first kappa shape index (κ1) is 24.2. The smallest absolute Gasteiger partial charge is 0.410 e. The second-order valence-electron chi connectivity index (χ2n) is 10.7. The van der Waals surface area contributed by atoms with E-state index in [1.807, 2.05) is 32.9 Å². The van der Waals surface area contributed by atoms with Crippen LogP contribution in [0.25, 0.3) is 5.57 Å². The molecule has 1 aromatic heterocycles. The number of ether oxygens (including phenoxy) is 2. The molecule has 2 bridgehead atoms. The lowest BCUT2D eigenvalue weighted by molar-refractivity contribution is -0.165. The number of rotatable bonds is 4. The summed E-state index contributed by atoms with van der Waals surface area (Å²) in [5.74, 6) is 0.233. The standard InChI is InChI=1S/C25H34N4O5/c1-23(2,3)34-22(32)29-15-7-17(8-16-29)18-5-6-19(28-27-18)26-20(30)24-9-12-25(13-10-24,14-11-24)21(31)33-4/h5-7H,8-16H2,1-4H3,(H,26,28,30). The molecular weight excluding hydrogens is 436 g/mol. The second kappa shape index (κ2) is 9.00. The van der Waals surface area contributed by atoms with Crippen molar-refractivity contribution < 1.29 is 23.9 Å². The molecule has 3 fully saturated rings. The first-order valence-electron chi connectivity index (χ1n) is 12.0. The van der Waals surface area contributed by atoms with Crippen molar-refractivity contribution in [3.63, 3.8) is 0 Å². The van der Waals surface area contributed by atoms with Crippen molar-refractivity contribution in [1.29, 1.82) is 0 Å². The Balaban J connectivity index is 1.34. The molecule has 0 radical (unpaired) electrons. The Bertz CT molecular complexity index is 971. The van der Waals surface area contributed by atoms with E-state index in [9.17, 15) is 14.4 Å². The number of nitrogens with zero attached hydrogens (tertiary/aromatic N) is 3. The number of fused-ring (bicyclic) bond motifs is 3. The highest BCUT2D eigenvalue weighted by Gasteiger charge is 2.56. The Hall–Kier alpha value is -2.97. The van der Waals surface area contributed by atoms with Crippen LogP contribution >= 0.6 is 0 Å². The van der Waals surface area contributed by atoms with Crippen molar-refractivity contribution in [2.24, 2.45) is 10.8 Å². The summed E-state index contributed by atoms with van der Waals surface area (Å²) in [6, 6.07) is 3.61. The van der Waals surface area contributed by atoms with Crippen LogP contribution in [-0.2, 0) is 19.1 Å². The number of hydrogen-bond donors (Lipinski definition) is 1. The van der Waals surface area contributed by atoms with Gasteiger partial charge in [-0.15, -0.1) is 10.2 Å². The molecule has 184 valence electrons. The van der Waals surface area contributed by atoms with Crippen molar-refractivity contribution in [3.05, 3.63) is 23.9 Å². The maximum atomic E-state index is 13.1. The second-order valence-corrected chi connectivity index (χ2v) is 10.7. The lowest BCUT2D eigenvalue weighted by Gasteiger charge is -2.50. The summed E-state index contributed by atoms with van der Waals surface area (Å²) in [7, 11) is 1.43. The third kappa shape index (κ3) is 4.79. The monoisotopic (exact) mass is 470 g/mol. The van der Waals surface area contributed by atoms with Gasteiger partial charge in [0.15, 0.2) is 5.82 Å². The summed E-state index contributed by atoms with van der Waals surface area (Å²) >= 11 is 0. The summed E-state index contributed by atoms with van der Waals surface area (Å²) in [5, 5.41) is 11.5. The van der Waals surface area contributed by atoms with E-state index in [0.717, 1.165) is 11.3 Å². The molecule has 3 aliphatic carbocycles. The van der Waals surface area contributed by atoms with Gasteiger partial charge in [0.25, 0.3) is 0 Å². The molecular formula is C25H34N4O5. The molecule has 0 atom stereocenters. The Morgan fingerprint density at radius 2 is 1.65 bits per heavy atom. The van der Waals surface area contributed by atoms with Crippen LogP contribution in [0.1, 0.15) is 71.4 Å². The molecule has 0 unspecified atom stereocenters. The lowest BCUT2D eigenvalue weighted by atomic mass is 9.53. The Morgan fingerprint density at radius 1 is 1.00 bits per heavy atom. The van der Waals surface area contributed by atoms with E-state index in [-0.39, 0.29) is 18.0 Å². The number of amides is 2. The molecule has 0 aromatic carbocycles. The Labute approximate surface area is 200 Å². The van der Waals surface area contributed by atoms with E-state index in [1.165, 1.54) is 7.11 Å². The fourth-order valence-electron chi connectivity index (χ4n) is 5.26. The maximum Gasteiger partial charge on any atom is 0.410 e. The molecule has 5 rings (SSSR count). The van der Waals surface area contributed by atoms with Crippen molar-refractivity contribution in [1.82, 2.24) is 15.1 Å². The van der Waals surface area contributed by atoms with E-state index in [2.05, 4.69) is 15.5 Å². The van der Waals surface area contributed by atoms with Crippen LogP contribution in [0, 0.1) is 10.8 Å². The largest absolute Gasteiger partial charge is 0.469 e. The molecule has 0 spiro atoms. The van der Waals surface area contributed by atoms with Crippen LogP contribution in [0.5, 0.6) is 0 Å². The number of esters is 1. The third-order valence-electron chi connectivity index (χ3n) is 7.44. The molecule has 1 aromatic rings. The Morgan fingerprint density at radius 3 is 2.15 bits per heavy atom. The van der Waals surface area contributed by atoms with Gasteiger partial charge in [0, 0.05) is 18.5 Å². The summed E-state index contributed by atoms with van der Waals surface area (Å²) < 4.78 is 10.4. The SMILES string of the molecule is COC(=O)C12CCC(C(=O)Nc3ccc(C4=CCN(C(=O)OC(C)(C)C)CC4)nn3)(CC1)CC2. The molecule has 4 aliphatic rings. The minimum atomic E-state index is -0.522. The van der Waals surface area contributed by atoms with Gasteiger partial charge in [0.2, 0.25) is 5.91 Å². The van der Waals surface area contributed by atoms with Gasteiger partial charge in [-0.2, -0.15) is 0 Å². The minimum absolute atomic E-state index is 0.0439.